The fourth-order valence-electron chi connectivity index (χ4n) is 5.50. The van der Waals surface area contributed by atoms with E-state index < -0.39 is 5.97 Å². The van der Waals surface area contributed by atoms with Gasteiger partial charge in [0.15, 0.2) is 23.3 Å². The second kappa shape index (κ2) is 12.6. The van der Waals surface area contributed by atoms with Crippen LogP contribution >= 0.6 is 0 Å². The number of nitrogens with one attached hydrogen (secondary N) is 2. The molecule has 0 saturated carbocycles. The average Bonchev–Trinajstić information content (AvgIpc) is 3.67. The molecule has 13 nitrogen and oxygen atoms in total. The van der Waals surface area contributed by atoms with Gasteiger partial charge in [-0.25, -0.2) is 33.8 Å². The predicted molar refractivity (Wildman–Crippen MR) is 166 cm³/mol. The maximum Gasteiger partial charge on any atom is 0.327 e. The second-order valence-corrected chi connectivity index (χ2v) is 11.0. The van der Waals surface area contributed by atoms with E-state index in [4.69, 9.17) is 10.1 Å². The van der Waals surface area contributed by atoms with Gasteiger partial charge in [-0.1, -0.05) is 12.6 Å². The SMILES string of the molecule is C=CC(=O)O.Cc1cc(Nc2cc(C)[nH]n2)nc(-c2ccc(N3CC4CC(C3)N4Cc3ccc(-n4cc(F)cn4)nc3)nc2)n1. The highest BCUT2D eigenvalue weighted by atomic mass is 19.1. The number of carboxylic acids is 1. The molecule has 5 aromatic rings. The predicted octanol–water partition coefficient (Wildman–Crippen LogP) is 4.06. The van der Waals surface area contributed by atoms with Gasteiger partial charge in [-0.05, 0) is 44.0 Å². The average molecular weight is 610 g/mol. The van der Waals surface area contributed by atoms with Gasteiger partial charge in [0.2, 0.25) is 0 Å². The van der Waals surface area contributed by atoms with Gasteiger partial charge in [0.05, 0.1) is 12.4 Å². The quantitative estimate of drug-likeness (QED) is 0.218. The number of aryl methyl sites for hydroxylation is 2. The van der Waals surface area contributed by atoms with E-state index in [1.54, 1.807) is 0 Å². The van der Waals surface area contributed by atoms with Crippen LogP contribution < -0.4 is 10.2 Å². The lowest BCUT2D eigenvalue weighted by molar-refractivity contribution is -0.131. The van der Waals surface area contributed by atoms with E-state index in [1.807, 2.05) is 56.6 Å². The van der Waals surface area contributed by atoms with Crippen molar-refractivity contribution in [3.63, 3.8) is 0 Å². The Kier molecular flexibility index (Phi) is 8.29. The first-order valence-corrected chi connectivity index (χ1v) is 14.4. The molecule has 8 heterocycles. The molecule has 0 amide bonds. The van der Waals surface area contributed by atoms with Crippen LogP contribution in [0.4, 0.5) is 21.8 Å². The molecule has 2 atom stereocenters. The van der Waals surface area contributed by atoms with E-state index in [-0.39, 0.29) is 5.82 Å². The van der Waals surface area contributed by atoms with Crippen molar-refractivity contribution in [2.24, 2.45) is 0 Å². The van der Waals surface area contributed by atoms with E-state index in [0.29, 0.717) is 35.4 Å². The number of piperidine rings is 1. The van der Waals surface area contributed by atoms with Gasteiger partial charge >= 0.3 is 5.97 Å². The van der Waals surface area contributed by atoms with Crippen molar-refractivity contribution in [3.05, 3.63) is 96.6 Å². The standard InChI is InChI=1S/C28H28FN11.C3H4O2/c1-17-7-24(34-25-8-18(2)36-37-25)35-28(33-17)20-4-6-26(31-11-20)38-15-22-9-23(16-38)39(22)13-19-3-5-27(30-10-19)40-14-21(29)12-32-40;1-2-3(4)5/h3-8,10-12,14,22-23H,9,13,15-16H2,1-2H3,(H2,33,34,35,36,37);2H,1H2,(H,4,5). The number of rotatable bonds is 8. The smallest absolute Gasteiger partial charge is 0.327 e. The Morgan fingerprint density at radius 3 is 2.42 bits per heavy atom. The van der Waals surface area contributed by atoms with Crippen LogP contribution in [-0.4, -0.2) is 81.1 Å². The molecule has 5 aromatic heterocycles. The summed E-state index contributed by atoms with van der Waals surface area (Å²) in [5.41, 5.74) is 3.84. The number of pyridine rings is 2. The van der Waals surface area contributed by atoms with Crippen molar-refractivity contribution in [1.29, 1.82) is 0 Å². The summed E-state index contributed by atoms with van der Waals surface area (Å²) in [6, 6.07) is 12.8. The molecule has 3 N–H and O–H groups in total. The Balaban J connectivity index is 0.000000664. The molecule has 45 heavy (non-hydrogen) atoms. The van der Waals surface area contributed by atoms with Gasteiger partial charge in [-0.2, -0.15) is 10.2 Å². The molecule has 3 fully saturated rings. The van der Waals surface area contributed by atoms with E-state index in [1.165, 1.54) is 23.5 Å². The normalized spacial score (nSPS) is 17.2. The largest absolute Gasteiger partial charge is 0.478 e. The molecule has 230 valence electrons. The Morgan fingerprint density at radius 1 is 1.07 bits per heavy atom. The zero-order valence-corrected chi connectivity index (χ0v) is 24.8. The number of hydrogen-bond acceptors (Lipinski definition) is 10. The molecule has 2 unspecified atom stereocenters. The summed E-state index contributed by atoms with van der Waals surface area (Å²) in [7, 11) is 0. The molecule has 3 aliphatic rings. The Labute approximate surface area is 258 Å². The molecule has 0 radical (unpaired) electrons. The van der Waals surface area contributed by atoms with E-state index in [0.717, 1.165) is 54.0 Å². The molecule has 14 heteroatoms. The van der Waals surface area contributed by atoms with Crippen molar-refractivity contribution in [1.82, 2.24) is 44.8 Å². The van der Waals surface area contributed by atoms with Crippen molar-refractivity contribution >= 4 is 23.4 Å². The lowest BCUT2D eigenvalue weighted by Gasteiger charge is -2.56. The van der Waals surface area contributed by atoms with Crippen LogP contribution in [-0.2, 0) is 11.3 Å². The highest BCUT2D eigenvalue weighted by Crippen LogP contribution is 2.35. The van der Waals surface area contributed by atoms with Crippen molar-refractivity contribution in [2.75, 3.05) is 23.3 Å². The second-order valence-electron chi connectivity index (χ2n) is 11.0. The van der Waals surface area contributed by atoms with Crippen LogP contribution in [0.1, 0.15) is 23.4 Å². The summed E-state index contributed by atoms with van der Waals surface area (Å²) in [6.45, 7) is 9.57. The van der Waals surface area contributed by atoms with Crippen molar-refractivity contribution in [2.45, 2.75) is 38.9 Å². The van der Waals surface area contributed by atoms with Gasteiger partial charge in [0, 0.05) is 79.3 Å². The number of fused-ring (bicyclic) bond motifs is 2. The molecule has 2 bridgehead atoms. The number of piperazine rings is 1. The lowest BCUT2D eigenvalue weighted by atomic mass is 9.87. The van der Waals surface area contributed by atoms with Gasteiger partial charge < -0.3 is 15.3 Å². The first-order chi connectivity index (χ1) is 21.7. The zero-order valence-electron chi connectivity index (χ0n) is 24.8. The van der Waals surface area contributed by atoms with Crippen molar-refractivity contribution < 1.29 is 14.3 Å². The molecule has 8 rings (SSSR count). The maximum absolute atomic E-state index is 13.3. The van der Waals surface area contributed by atoms with Gasteiger partial charge in [0.25, 0.3) is 0 Å². The summed E-state index contributed by atoms with van der Waals surface area (Å²) in [4.78, 5) is 32.7. The third-order valence-corrected chi connectivity index (χ3v) is 7.63. The Bertz CT molecular complexity index is 1790. The number of aliphatic carboxylic acids is 1. The fourth-order valence-corrected chi connectivity index (χ4v) is 5.50. The van der Waals surface area contributed by atoms with Crippen LogP contribution in [0.3, 0.4) is 0 Å². The number of aromatic nitrogens is 8. The molecular formula is C31H32FN11O2. The molecule has 3 saturated heterocycles. The number of H-pyrrole nitrogens is 1. The lowest BCUT2D eigenvalue weighted by Crippen LogP contribution is -2.68. The minimum atomic E-state index is -0.981. The first-order valence-electron chi connectivity index (χ1n) is 14.4. The van der Waals surface area contributed by atoms with E-state index in [2.05, 4.69) is 58.0 Å². The minimum Gasteiger partial charge on any atom is -0.478 e. The summed E-state index contributed by atoms with van der Waals surface area (Å²) in [5, 5.41) is 22.0. The van der Waals surface area contributed by atoms with Crippen LogP contribution in [0.5, 0.6) is 0 Å². The number of hydrogen-bond donors (Lipinski definition) is 3. The number of nitrogens with zero attached hydrogens (tertiary/aromatic N) is 9. The third-order valence-electron chi connectivity index (χ3n) is 7.63. The number of anilines is 3. The summed E-state index contributed by atoms with van der Waals surface area (Å²) < 4.78 is 14.7. The highest BCUT2D eigenvalue weighted by molar-refractivity contribution is 5.78. The fraction of sp³-hybridized carbons (Fsp3) is 0.258. The van der Waals surface area contributed by atoms with Gasteiger partial charge in [0.1, 0.15) is 11.6 Å². The maximum atomic E-state index is 13.3. The summed E-state index contributed by atoms with van der Waals surface area (Å²) in [5.74, 6) is 2.24. The topological polar surface area (TPSA) is 154 Å². The minimum absolute atomic E-state index is 0.376. The van der Waals surface area contributed by atoms with Crippen LogP contribution in [0.25, 0.3) is 17.2 Å². The summed E-state index contributed by atoms with van der Waals surface area (Å²) in [6.07, 6.45) is 8.23. The first kappa shape index (κ1) is 29.6. The Morgan fingerprint density at radius 2 is 1.82 bits per heavy atom. The molecule has 3 aliphatic heterocycles. The molecule has 0 aliphatic carbocycles. The highest BCUT2D eigenvalue weighted by Gasteiger charge is 2.44. The number of carbonyl (C=O) groups is 1. The van der Waals surface area contributed by atoms with Gasteiger partial charge in [-0.3, -0.25) is 10.00 Å². The van der Waals surface area contributed by atoms with Gasteiger partial charge in [-0.15, -0.1) is 0 Å². The van der Waals surface area contributed by atoms with Crippen molar-refractivity contribution in [3.8, 4) is 17.2 Å². The number of halogens is 1. The van der Waals surface area contributed by atoms with Crippen LogP contribution in [0.15, 0.2) is 73.8 Å². The Hall–Kier alpha value is -5.50. The third kappa shape index (κ3) is 6.86. The summed E-state index contributed by atoms with van der Waals surface area (Å²) >= 11 is 0. The number of carboxylic acid groups (broad SMARTS) is 1. The van der Waals surface area contributed by atoms with E-state index in [9.17, 15) is 9.18 Å². The molecule has 0 spiro atoms. The van der Waals surface area contributed by atoms with Crippen LogP contribution in [0.2, 0.25) is 0 Å². The van der Waals surface area contributed by atoms with E-state index >= 15 is 0 Å². The zero-order chi connectivity index (χ0) is 31.5. The van der Waals surface area contributed by atoms with Crippen LogP contribution in [0, 0.1) is 19.7 Å². The molecule has 0 aromatic carbocycles. The number of aromatic amines is 1. The monoisotopic (exact) mass is 609 g/mol. The molecular weight excluding hydrogens is 577 g/mol.